The molecule has 0 spiro atoms. The smallest absolute Gasteiger partial charge is 0.416 e. The Morgan fingerprint density at radius 1 is 0.881 bits per heavy atom. The number of rotatable bonds is 6. The van der Waals surface area contributed by atoms with Gasteiger partial charge in [0, 0.05) is 19.0 Å². The van der Waals surface area contributed by atoms with Crippen LogP contribution >= 0.6 is 0 Å². The lowest BCUT2D eigenvalue weighted by Gasteiger charge is -2.31. The molecule has 0 bridgehead atoms. The molecule has 4 rings (SSSR count). The molecule has 1 aliphatic carbocycles. The molecule has 0 aromatic heterocycles. The minimum Gasteiger partial charge on any atom is -0.453 e. The van der Waals surface area contributed by atoms with Gasteiger partial charge in [-0.05, 0) is 73.2 Å². The van der Waals surface area contributed by atoms with Gasteiger partial charge >= 0.3 is 30.7 Å². The molecule has 2 aliphatic rings. The molecule has 2 unspecified atom stereocenters. The predicted octanol–water partition coefficient (Wildman–Crippen LogP) is 7.85. The molecule has 0 N–H and O–H groups in total. The maximum absolute atomic E-state index is 13.7. The van der Waals surface area contributed by atoms with E-state index < -0.39 is 78.0 Å². The number of amides is 2. The van der Waals surface area contributed by atoms with E-state index in [1.807, 2.05) is 0 Å². The number of carbonyl (C=O) groups excluding carboxylic acids is 2. The highest BCUT2D eigenvalue weighted by Crippen LogP contribution is 2.52. The fraction of sp³-hybridized carbons (Fsp3) is 0.481. The predicted molar refractivity (Wildman–Crippen MR) is 129 cm³/mol. The maximum Gasteiger partial charge on any atom is 0.416 e. The van der Waals surface area contributed by atoms with Gasteiger partial charge in [0.1, 0.15) is 0 Å². The number of anilines is 1. The van der Waals surface area contributed by atoms with Crippen LogP contribution in [0.3, 0.4) is 0 Å². The highest BCUT2D eigenvalue weighted by Gasteiger charge is 2.51. The molecule has 1 saturated carbocycles. The number of benzene rings is 2. The maximum atomic E-state index is 13.7. The van der Waals surface area contributed by atoms with Crippen LogP contribution < -0.4 is 4.90 Å². The first-order valence-corrected chi connectivity index (χ1v) is 12.7. The molecular formula is C27H25F9N2O4. The molecule has 6 nitrogen and oxygen atoms in total. The third kappa shape index (κ3) is 6.54. The zero-order chi connectivity index (χ0) is 31.2. The van der Waals surface area contributed by atoms with Gasteiger partial charge in [0.15, 0.2) is 0 Å². The van der Waals surface area contributed by atoms with E-state index in [4.69, 9.17) is 9.47 Å². The summed E-state index contributed by atoms with van der Waals surface area (Å²) < 4.78 is 131. The highest BCUT2D eigenvalue weighted by molar-refractivity contribution is 5.92. The van der Waals surface area contributed by atoms with Crippen molar-refractivity contribution in [2.75, 3.05) is 25.2 Å². The third-order valence-corrected chi connectivity index (χ3v) is 7.16. The van der Waals surface area contributed by atoms with Gasteiger partial charge < -0.3 is 14.4 Å². The van der Waals surface area contributed by atoms with Gasteiger partial charge in [0.05, 0.1) is 42.1 Å². The van der Waals surface area contributed by atoms with E-state index in [1.54, 1.807) is 0 Å². The van der Waals surface area contributed by atoms with Gasteiger partial charge in [0.25, 0.3) is 0 Å². The lowest BCUT2D eigenvalue weighted by Crippen LogP contribution is -2.44. The molecule has 1 aliphatic heterocycles. The Morgan fingerprint density at radius 3 is 1.93 bits per heavy atom. The van der Waals surface area contributed by atoms with Crippen molar-refractivity contribution >= 4 is 17.9 Å². The Labute approximate surface area is 234 Å². The summed E-state index contributed by atoms with van der Waals surface area (Å²) in [6.07, 6.45) is -15.8. The summed E-state index contributed by atoms with van der Waals surface area (Å²) in [5.41, 5.74) is -4.63. The van der Waals surface area contributed by atoms with Crippen LogP contribution in [0.2, 0.25) is 0 Å². The normalized spacial score (nSPS) is 19.0. The number of ether oxygens (including phenoxy) is 2. The molecule has 1 heterocycles. The van der Waals surface area contributed by atoms with E-state index in [9.17, 15) is 49.1 Å². The molecule has 2 amide bonds. The third-order valence-electron chi connectivity index (χ3n) is 7.16. The SMILES string of the molecule is CCOC(=O)N1c2ccc(C(F)(F)F)cc2C(CN(Cc2cc(C(F)(F)F)cc(C(F)(F)F)c2)C(=O)OC)C1C1CC1. The number of alkyl halides is 9. The average Bonchev–Trinajstić information content (AvgIpc) is 3.68. The van der Waals surface area contributed by atoms with Crippen molar-refractivity contribution in [1.29, 1.82) is 0 Å². The molecule has 2 atom stereocenters. The van der Waals surface area contributed by atoms with E-state index >= 15 is 0 Å². The van der Waals surface area contributed by atoms with Crippen molar-refractivity contribution < 1.29 is 58.6 Å². The number of carbonyl (C=O) groups is 2. The molecular weight excluding hydrogens is 587 g/mol. The number of hydrogen-bond acceptors (Lipinski definition) is 4. The molecule has 0 radical (unpaired) electrons. The number of nitrogens with zero attached hydrogens (tertiary/aromatic N) is 2. The van der Waals surface area contributed by atoms with Crippen LogP contribution in [0.1, 0.15) is 53.5 Å². The van der Waals surface area contributed by atoms with E-state index in [2.05, 4.69) is 0 Å². The molecule has 2 aromatic rings. The van der Waals surface area contributed by atoms with Crippen molar-refractivity contribution in [3.05, 3.63) is 64.2 Å². The van der Waals surface area contributed by atoms with Gasteiger partial charge in [-0.1, -0.05) is 0 Å². The molecule has 42 heavy (non-hydrogen) atoms. The van der Waals surface area contributed by atoms with Gasteiger partial charge in [-0.2, -0.15) is 39.5 Å². The first-order valence-electron chi connectivity index (χ1n) is 12.7. The van der Waals surface area contributed by atoms with E-state index in [-0.39, 0.29) is 29.8 Å². The van der Waals surface area contributed by atoms with Crippen LogP contribution in [0.5, 0.6) is 0 Å². The minimum atomic E-state index is -5.14. The minimum absolute atomic E-state index is 0.0312. The van der Waals surface area contributed by atoms with Gasteiger partial charge in [-0.15, -0.1) is 0 Å². The van der Waals surface area contributed by atoms with Crippen LogP contribution in [0, 0.1) is 5.92 Å². The van der Waals surface area contributed by atoms with Crippen LogP contribution in [-0.4, -0.2) is 43.4 Å². The molecule has 1 fully saturated rings. The zero-order valence-corrected chi connectivity index (χ0v) is 22.2. The zero-order valence-electron chi connectivity index (χ0n) is 22.2. The van der Waals surface area contributed by atoms with Crippen molar-refractivity contribution in [3.63, 3.8) is 0 Å². The van der Waals surface area contributed by atoms with Crippen LogP contribution in [0.15, 0.2) is 36.4 Å². The average molecular weight is 612 g/mol. The number of halogens is 9. The topological polar surface area (TPSA) is 59.1 Å². The monoisotopic (exact) mass is 612 g/mol. The Balaban J connectivity index is 1.79. The van der Waals surface area contributed by atoms with E-state index in [0.29, 0.717) is 25.0 Å². The van der Waals surface area contributed by atoms with Gasteiger partial charge in [-0.3, -0.25) is 4.90 Å². The fourth-order valence-electron chi connectivity index (χ4n) is 5.27. The second-order valence-electron chi connectivity index (χ2n) is 10.0. The van der Waals surface area contributed by atoms with Gasteiger partial charge in [0.2, 0.25) is 0 Å². The van der Waals surface area contributed by atoms with Crippen LogP contribution in [-0.2, 0) is 34.5 Å². The van der Waals surface area contributed by atoms with Gasteiger partial charge in [-0.25, -0.2) is 9.59 Å². The van der Waals surface area contributed by atoms with E-state index in [1.165, 1.54) is 11.8 Å². The quantitative estimate of drug-likeness (QED) is 0.312. The molecule has 15 heteroatoms. The second-order valence-corrected chi connectivity index (χ2v) is 10.0. The highest BCUT2D eigenvalue weighted by atomic mass is 19.4. The standard InChI is InChI=1S/C27H25F9N2O4/c1-3-42-24(40)38-21-7-6-16(25(28,29)30)11-19(21)20(22(38)15-4-5-15)13-37(23(39)41-2)12-14-8-17(26(31,32)33)10-18(9-14)27(34,35)36/h6-11,15,20,22H,3-5,12-13H2,1-2H3. The molecule has 2 aromatic carbocycles. The number of methoxy groups -OCH3 is 1. The first-order chi connectivity index (χ1) is 19.5. The lowest BCUT2D eigenvalue weighted by molar-refractivity contribution is -0.143. The van der Waals surface area contributed by atoms with E-state index in [0.717, 1.165) is 30.2 Å². The summed E-state index contributed by atoms with van der Waals surface area (Å²) in [5, 5.41) is 0. The Bertz CT molecular complexity index is 1300. The Kier molecular flexibility index (Phi) is 8.35. The molecule has 0 saturated heterocycles. The summed E-state index contributed by atoms with van der Waals surface area (Å²) in [7, 11) is 0.941. The first kappa shape index (κ1) is 31.3. The molecule has 230 valence electrons. The number of hydrogen-bond donors (Lipinski definition) is 0. The summed E-state index contributed by atoms with van der Waals surface area (Å²) in [4.78, 5) is 27.8. The summed E-state index contributed by atoms with van der Waals surface area (Å²) in [6.45, 7) is 0.226. The van der Waals surface area contributed by atoms with Crippen molar-refractivity contribution in [2.24, 2.45) is 5.92 Å². The van der Waals surface area contributed by atoms with Crippen LogP contribution in [0.4, 0.5) is 54.8 Å². The second kappa shape index (κ2) is 11.2. The number of fused-ring (bicyclic) bond motifs is 1. The lowest BCUT2D eigenvalue weighted by atomic mass is 9.90. The van der Waals surface area contributed by atoms with Crippen molar-refractivity contribution in [2.45, 2.75) is 56.8 Å². The van der Waals surface area contributed by atoms with Crippen molar-refractivity contribution in [3.8, 4) is 0 Å². The summed E-state index contributed by atoms with van der Waals surface area (Å²) >= 11 is 0. The Hall–Kier alpha value is -3.65. The fourth-order valence-corrected chi connectivity index (χ4v) is 5.27. The van der Waals surface area contributed by atoms with Crippen molar-refractivity contribution in [1.82, 2.24) is 4.90 Å². The Morgan fingerprint density at radius 2 is 1.45 bits per heavy atom. The van der Waals surface area contributed by atoms with Crippen LogP contribution in [0.25, 0.3) is 0 Å². The summed E-state index contributed by atoms with van der Waals surface area (Å²) in [6, 6.07) is 2.79. The summed E-state index contributed by atoms with van der Waals surface area (Å²) in [5.74, 6) is -1.20. The largest absolute Gasteiger partial charge is 0.453 e.